The summed E-state index contributed by atoms with van der Waals surface area (Å²) in [7, 11) is -4.62. The van der Waals surface area contributed by atoms with Crippen molar-refractivity contribution in [2.24, 2.45) is 0 Å². The van der Waals surface area contributed by atoms with Crippen LogP contribution in [0.5, 0.6) is 11.6 Å². The summed E-state index contributed by atoms with van der Waals surface area (Å²) in [6, 6.07) is 2.68. The zero-order chi connectivity index (χ0) is 26.2. The number of carbonyl (C=O) groups is 1. The minimum atomic E-state index is -4.62. The Balaban J connectivity index is 1.65. The molecule has 0 unspecified atom stereocenters. The minimum absolute atomic E-state index is 0.000482. The van der Waals surface area contributed by atoms with E-state index in [1.165, 1.54) is 4.72 Å². The maximum absolute atomic E-state index is 14.5. The Morgan fingerprint density at radius 2 is 1.80 bits per heavy atom. The lowest BCUT2D eigenvalue weighted by Crippen LogP contribution is -2.61. The number of nitrogens with zero attached hydrogens (tertiary/aromatic N) is 2. The van der Waals surface area contributed by atoms with Crippen molar-refractivity contribution in [3.63, 3.8) is 0 Å². The lowest BCUT2D eigenvalue weighted by molar-refractivity contribution is -0.154. The third kappa shape index (κ3) is 7.02. The monoisotopic (exact) mass is 567 g/mol. The number of benzene rings is 1. The largest absolute Gasteiger partial charge is 0.487 e. The van der Waals surface area contributed by atoms with Crippen LogP contribution in [-0.2, 0) is 16.8 Å². The van der Waals surface area contributed by atoms with E-state index in [1.807, 2.05) is 0 Å². The molecule has 2 aromatic rings. The van der Waals surface area contributed by atoms with Gasteiger partial charge in [-0.15, -0.1) is 0 Å². The third-order valence-corrected chi connectivity index (χ3v) is 6.31. The summed E-state index contributed by atoms with van der Waals surface area (Å²) in [6.45, 7) is -4.26. The number of rotatable bonds is 8. The Morgan fingerprint density at radius 1 is 1.14 bits per heavy atom. The maximum atomic E-state index is 14.5. The molecular formula is C18H13Cl2F6N3O5S. The fraction of sp³-hybridized carbons (Fsp3) is 0.333. The van der Waals surface area contributed by atoms with Crippen LogP contribution in [0.4, 0.5) is 26.3 Å². The van der Waals surface area contributed by atoms with Gasteiger partial charge < -0.3 is 9.47 Å². The predicted molar refractivity (Wildman–Crippen MR) is 109 cm³/mol. The van der Waals surface area contributed by atoms with Crippen molar-refractivity contribution in [3.8, 4) is 11.6 Å². The molecule has 0 radical (unpaired) electrons. The lowest BCUT2D eigenvalue weighted by atomic mass is 10.1. The average molecular weight is 568 g/mol. The molecule has 1 amide bonds. The molecular weight excluding hydrogens is 555 g/mol. The van der Waals surface area contributed by atoms with Crippen molar-refractivity contribution in [1.82, 2.24) is 14.0 Å². The van der Waals surface area contributed by atoms with Crippen molar-refractivity contribution in [3.05, 3.63) is 51.4 Å². The Kier molecular flexibility index (Phi) is 7.64. The zero-order valence-corrected chi connectivity index (χ0v) is 19.3. The van der Waals surface area contributed by atoms with Crippen LogP contribution in [0.25, 0.3) is 0 Å². The molecule has 1 aliphatic heterocycles. The van der Waals surface area contributed by atoms with Crippen LogP contribution < -0.4 is 14.2 Å². The predicted octanol–water partition coefficient (Wildman–Crippen LogP) is 3.97. The Bertz CT molecular complexity index is 1240. The van der Waals surface area contributed by atoms with Gasteiger partial charge in [0.25, 0.3) is 11.8 Å². The number of aromatic nitrogens is 1. The quantitative estimate of drug-likeness (QED) is 0.485. The minimum Gasteiger partial charge on any atom is -0.487 e. The van der Waals surface area contributed by atoms with E-state index in [-0.39, 0.29) is 21.4 Å². The molecule has 1 aromatic carbocycles. The van der Waals surface area contributed by atoms with E-state index in [0.29, 0.717) is 4.31 Å². The number of amides is 1. The molecule has 3 rings (SSSR count). The highest BCUT2D eigenvalue weighted by Gasteiger charge is 2.50. The van der Waals surface area contributed by atoms with Crippen LogP contribution in [0.1, 0.15) is 15.9 Å². The normalized spacial score (nSPS) is 15.9. The summed E-state index contributed by atoms with van der Waals surface area (Å²) < 4.78 is 112. The first-order valence-electron chi connectivity index (χ1n) is 9.22. The van der Waals surface area contributed by atoms with Crippen molar-refractivity contribution < 1.29 is 49.0 Å². The topological polar surface area (TPSA) is 97.8 Å². The first kappa shape index (κ1) is 27.1. The zero-order valence-electron chi connectivity index (χ0n) is 17.0. The number of hydrogen-bond donors (Lipinski definition) is 1. The molecule has 2 heterocycles. The fourth-order valence-electron chi connectivity index (χ4n) is 2.65. The first-order chi connectivity index (χ1) is 16.1. The van der Waals surface area contributed by atoms with E-state index < -0.39 is 71.8 Å². The standard InChI is InChI=1S/C18H13Cl2F6N3O5S/c19-12-3-11(15(30)28-35(31,32)29-6-17(22,23)7-29)14(21)1-9(12)5-33-10-2-13(20)16(27-4-10)34-8-18(24,25)26/h1-4H,5-8H2,(H,28,30). The van der Waals surface area contributed by atoms with Crippen LogP contribution in [0.3, 0.4) is 0 Å². The van der Waals surface area contributed by atoms with Crippen LogP contribution in [0.2, 0.25) is 10.0 Å². The van der Waals surface area contributed by atoms with Gasteiger partial charge in [0.2, 0.25) is 5.88 Å². The van der Waals surface area contributed by atoms with Gasteiger partial charge >= 0.3 is 16.4 Å². The van der Waals surface area contributed by atoms with Gasteiger partial charge in [-0.05, 0) is 12.1 Å². The van der Waals surface area contributed by atoms with Crippen LogP contribution in [0, 0.1) is 5.82 Å². The number of alkyl halides is 5. The number of carbonyl (C=O) groups excluding carboxylic acids is 1. The number of ether oxygens (including phenoxy) is 2. The smallest absolute Gasteiger partial charge is 0.422 e. The summed E-state index contributed by atoms with van der Waals surface area (Å²) >= 11 is 11.8. The summed E-state index contributed by atoms with van der Waals surface area (Å²) in [4.78, 5) is 15.8. The Morgan fingerprint density at radius 3 is 2.37 bits per heavy atom. The van der Waals surface area contributed by atoms with E-state index in [1.54, 1.807) is 0 Å². The number of hydrogen-bond acceptors (Lipinski definition) is 6. The van der Waals surface area contributed by atoms with E-state index in [0.717, 1.165) is 24.4 Å². The number of halogens is 8. The highest BCUT2D eigenvalue weighted by Crippen LogP contribution is 2.30. The van der Waals surface area contributed by atoms with E-state index in [9.17, 15) is 39.6 Å². The molecule has 1 aromatic heterocycles. The molecule has 8 nitrogen and oxygen atoms in total. The van der Waals surface area contributed by atoms with Gasteiger partial charge in [-0.3, -0.25) is 4.79 Å². The number of nitrogens with one attached hydrogen (secondary N) is 1. The molecule has 1 aliphatic rings. The van der Waals surface area contributed by atoms with E-state index >= 15 is 0 Å². The van der Waals surface area contributed by atoms with E-state index in [4.69, 9.17) is 27.9 Å². The Labute approximate surface area is 203 Å². The van der Waals surface area contributed by atoms with Gasteiger partial charge in [0.1, 0.15) is 23.2 Å². The molecule has 17 heteroatoms. The molecule has 0 bridgehead atoms. The van der Waals surface area contributed by atoms with Crippen molar-refractivity contribution in [2.75, 3.05) is 19.7 Å². The van der Waals surface area contributed by atoms with Gasteiger partial charge in [-0.2, -0.15) is 25.9 Å². The highest BCUT2D eigenvalue weighted by molar-refractivity contribution is 7.87. The van der Waals surface area contributed by atoms with Crippen LogP contribution >= 0.6 is 23.2 Å². The second kappa shape index (κ2) is 9.87. The summed E-state index contributed by atoms with van der Waals surface area (Å²) in [5, 5.41) is -0.508. The Hall–Kier alpha value is -2.49. The van der Waals surface area contributed by atoms with Gasteiger partial charge in [0, 0.05) is 16.7 Å². The van der Waals surface area contributed by atoms with Gasteiger partial charge in [-0.1, -0.05) is 23.2 Å². The molecule has 0 atom stereocenters. The van der Waals surface area contributed by atoms with Crippen LogP contribution in [-0.4, -0.2) is 55.4 Å². The highest BCUT2D eigenvalue weighted by atomic mass is 35.5. The first-order valence-corrected chi connectivity index (χ1v) is 11.4. The maximum Gasteiger partial charge on any atom is 0.422 e. The summed E-state index contributed by atoms with van der Waals surface area (Å²) in [6.07, 6.45) is -3.61. The van der Waals surface area contributed by atoms with Gasteiger partial charge in [0.05, 0.1) is 24.8 Å². The van der Waals surface area contributed by atoms with Gasteiger partial charge in [-0.25, -0.2) is 22.9 Å². The molecule has 1 fully saturated rings. The molecule has 1 N–H and O–H groups in total. The summed E-state index contributed by atoms with van der Waals surface area (Å²) in [5.74, 6) is -6.37. The average Bonchev–Trinajstić information content (AvgIpc) is 2.70. The van der Waals surface area contributed by atoms with Crippen molar-refractivity contribution in [2.45, 2.75) is 18.7 Å². The van der Waals surface area contributed by atoms with E-state index in [2.05, 4.69) is 9.72 Å². The van der Waals surface area contributed by atoms with Crippen molar-refractivity contribution >= 4 is 39.3 Å². The SMILES string of the molecule is O=C(NS(=O)(=O)N1CC(F)(F)C1)c1cc(Cl)c(COc2cnc(OCC(F)(F)F)c(Cl)c2)cc1F. The second-order valence-electron chi connectivity index (χ2n) is 7.13. The second-order valence-corrected chi connectivity index (χ2v) is 9.62. The molecule has 0 saturated carbocycles. The van der Waals surface area contributed by atoms with Crippen LogP contribution in [0.15, 0.2) is 24.4 Å². The van der Waals surface area contributed by atoms with Crippen molar-refractivity contribution in [1.29, 1.82) is 0 Å². The molecule has 192 valence electrons. The molecule has 0 spiro atoms. The molecule has 1 saturated heterocycles. The third-order valence-electron chi connectivity index (χ3n) is 4.31. The number of pyridine rings is 1. The molecule has 0 aliphatic carbocycles. The molecule has 35 heavy (non-hydrogen) atoms. The summed E-state index contributed by atoms with van der Waals surface area (Å²) in [5.41, 5.74) is -0.773. The fourth-order valence-corrected chi connectivity index (χ4v) is 4.27. The van der Waals surface area contributed by atoms with Gasteiger partial charge in [0.15, 0.2) is 6.61 Å². The lowest BCUT2D eigenvalue weighted by Gasteiger charge is -2.37.